The van der Waals surface area contributed by atoms with Crippen LogP contribution in [0.1, 0.15) is 0 Å². The lowest BCUT2D eigenvalue weighted by Crippen LogP contribution is -2.28. The Morgan fingerprint density at radius 3 is 2.79 bits per heavy atom. The van der Waals surface area contributed by atoms with Crippen molar-refractivity contribution in [3.8, 4) is 5.75 Å². The molecule has 0 aliphatic heterocycles. The predicted octanol–water partition coefficient (Wildman–Crippen LogP) is 1.96. The number of rotatable bonds is 4. The van der Waals surface area contributed by atoms with Crippen molar-refractivity contribution in [2.75, 3.05) is 32.8 Å². The van der Waals surface area contributed by atoms with E-state index in [2.05, 4.69) is 5.32 Å². The number of nitrogens with zero attached hydrogens (tertiary/aromatic N) is 1. The number of benzene rings is 1. The number of halogens is 1. The van der Waals surface area contributed by atoms with E-state index < -0.39 is 0 Å². The van der Waals surface area contributed by atoms with Crippen LogP contribution in [0.15, 0.2) is 18.2 Å². The molecule has 0 amide bonds. The SMILES string of the molecule is CNCN(C)c1cc(Cl)ccc1OC. The molecule has 0 aliphatic carbocycles. The summed E-state index contributed by atoms with van der Waals surface area (Å²) in [5, 5.41) is 3.78. The normalized spacial score (nSPS) is 10.0. The molecule has 1 N–H and O–H groups in total. The van der Waals surface area contributed by atoms with Crippen LogP contribution in [0.3, 0.4) is 0 Å². The van der Waals surface area contributed by atoms with Gasteiger partial charge < -0.3 is 15.0 Å². The minimum absolute atomic E-state index is 0.712. The molecular formula is C10H15ClN2O. The van der Waals surface area contributed by atoms with Crippen molar-refractivity contribution in [3.05, 3.63) is 23.2 Å². The highest BCUT2D eigenvalue weighted by molar-refractivity contribution is 6.30. The maximum Gasteiger partial charge on any atom is 0.142 e. The molecule has 0 atom stereocenters. The lowest BCUT2D eigenvalue weighted by Gasteiger charge is -2.21. The smallest absolute Gasteiger partial charge is 0.142 e. The molecule has 0 bridgehead atoms. The Hall–Kier alpha value is -0.930. The predicted molar refractivity (Wildman–Crippen MR) is 60.3 cm³/mol. The van der Waals surface area contributed by atoms with Crippen molar-refractivity contribution < 1.29 is 4.74 Å². The number of hydrogen-bond donors (Lipinski definition) is 1. The van der Waals surface area contributed by atoms with Crippen LogP contribution < -0.4 is 15.0 Å². The molecule has 1 rings (SSSR count). The Labute approximate surface area is 89.6 Å². The van der Waals surface area contributed by atoms with Crippen LogP contribution in [-0.2, 0) is 0 Å². The second-order valence-corrected chi connectivity index (χ2v) is 3.46. The highest BCUT2D eigenvalue weighted by Gasteiger charge is 2.07. The van der Waals surface area contributed by atoms with Crippen LogP contribution in [0.5, 0.6) is 5.75 Å². The fraction of sp³-hybridized carbons (Fsp3) is 0.400. The van der Waals surface area contributed by atoms with Crippen LogP contribution in [0.25, 0.3) is 0 Å². The molecule has 0 radical (unpaired) electrons. The van der Waals surface area contributed by atoms with E-state index in [9.17, 15) is 0 Å². The maximum absolute atomic E-state index is 5.92. The molecule has 0 aromatic heterocycles. The molecule has 0 aliphatic rings. The fourth-order valence-corrected chi connectivity index (χ4v) is 1.45. The third-order valence-corrected chi connectivity index (χ3v) is 2.18. The Balaban J connectivity index is 2.97. The zero-order chi connectivity index (χ0) is 10.6. The minimum atomic E-state index is 0.712. The minimum Gasteiger partial charge on any atom is -0.495 e. The van der Waals surface area contributed by atoms with Crippen molar-refractivity contribution in [3.63, 3.8) is 0 Å². The van der Waals surface area contributed by atoms with Gasteiger partial charge in [-0.05, 0) is 25.2 Å². The monoisotopic (exact) mass is 214 g/mol. The highest BCUT2D eigenvalue weighted by atomic mass is 35.5. The lowest BCUT2D eigenvalue weighted by atomic mass is 10.3. The molecule has 0 unspecified atom stereocenters. The summed E-state index contributed by atoms with van der Waals surface area (Å²) in [6, 6.07) is 5.57. The molecule has 3 nitrogen and oxygen atoms in total. The number of anilines is 1. The van der Waals surface area contributed by atoms with E-state index in [1.807, 2.05) is 37.2 Å². The van der Waals surface area contributed by atoms with E-state index in [-0.39, 0.29) is 0 Å². The number of nitrogens with one attached hydrogen (secondary N) is 1. The molecule has 0 saturated heterocycles. The van der Waals surface area contributed by atoms with Gasteiger partial charge in [0.05, 0.1) is 19.5 Å². The summed E-state index contributed by atoms with van der Waals surface area (Å²) in [6.45, 7) is 0.747. The van der Waals surface area contributed by atoms with Gasteiger partial charge in [0.25, 0.3) is 0 Å². The van der Waals surface area contributed by atoms with Crippen LogP contribution >= 0.6 is 11.6 Å². The summed E-state index contributed by atoms with van der Waals surface area (Å²) in [4.78, 5) is 2.03. The molecule has 0 heterocycles. The first-order valence-corrected chi connectivity index (χ1v) is 4.76. The van der Waals surface area contributed by atoms with Gasteiger partial charge in [-0.25, -0.2) is 0 Å². The van der Waals surface area contributed by atoms with Crippen molar-refractivity contribution in [2.24, 2.45) is 0 Å². The average molecular weight is 215 g/mol. The summed E-state index contributed by atoms with van der Waals surface area (Å²) in [6.07, 6.45) is 0. The summed E-state index contributed by atoms with van der Waals surface area (Å²) < 4.78 is 5.24. The van der Waals surface area contributed by atoms with Crippen LogP contribution in [-0.4, -0.2) is 27.9 Å². The second kappa shape index (κ2) is 5.08. The number of methoxy groups -OCH3 is 1. The third kappa shape index (κ3) is 2.53. The van der Waals surface area contributed by atoms with Gasteiger partial charge in [-0.1, -0.05) is 11.6 Å². The molecule has 1 aromatic carbocycles. The van der Waals surface area contributed by atoms with Gasteiger partial charge in [0.1, 0.15) is 5.75 Å². The standard InChI is InChI=1S/C10H15ClN2O/c1-12-7-13(2)9-6-8(11)4-5-10(9)14-3/h4-6,12H,7H2,1-3H3. The molecule has 0 saturated carbocycles. The molecule has 0 spiro atoms. The Morgan fingerprint density at radius 1 is 1.50 bits per heavy atom. The first-order chi connectivity index (χ1) is 6.69. The third-order valence-electron chi connectivity index (χ3n) is 1.95. The maximum atomic E-state index is 5.92. The topological polar surface area (TPSA) is 24.5 Å². The van der Waals surface area contributed by atoms with E-state index in [4.69, 9.17) is 16.3 Å². The van der Waals surface area contributed by atoms with Gasteiger partial charge in [-0.15, -0.1) is 0 Å². The van der Waals surface area contributed by atoms with Crippen molar-refractivity contribution in [1.29, 1.82) is 0 Å². The first-order valence-electron chi connectivity index (χ1n) is 4.38. The van der Waals surface area contributed by atoms with E-state index in [1.54, 1.807) is 7.11 Å². The molecule has 14 heavy (non-hydrogen) atoms. The average Bonchev–Trinajstić information content (AvgIpc) is 2.18. The highest BCUT2D eigenvalue weighted by Crippen LogP contribution is 2.29. The van der Waals surface area contributed by atoms with E-state index in [0.29, 0.717) is 5.02 Å². The van der Waals surface area contributed by atoms with E-state index >= 15 is 0 Å². The van der Waals surface area contributed by atoms with Gasteiger partial charge in [-0.2, -0.15) is 0 Å². The van der Waals surface area contributed by atoms with Crippen molar-refractivity contribution in [2.45, 2.75) is 0 Å². The molecule has 0 fully saturated rings. The Kier molecular flexibility index (Phi) is 4.04. The van der Waals surface area contributed by atoms with Gasteiger partial charge in [0.15, 0.2) is 0 Å². The Bertz CT molecular complexity index is 304. The van der Waals surface area contributed by atoms with Crippen LogP contribution in [0.4, 0.5) is 5.69 Å². The Morgan fingerprint density at radius 2 is 2.21 bits per heavy atom. The van der Waals surface area contributed by atoms with Crippen LogP contribution in [0.2, 0.25) is 5.02 Å². The fourth-order valence-electron chi connectivity index (χ4n) is 1.28. The summed E-state index contributed by atoms with van der Waals surface area (Å²) >= 11 is 5.92. The first kappa shape index (κ1) is 11.1. The molecule has 78 valence electrons. The summed E-state index contributed by atoms with van der Waals surface area (Å²) in [5.74, 6) is 0.826. The zero-order valence-electron chi connectivity index (χ0n) is 8.67. The molecule has 1 aromatic rings. The largest absolute Gasteiger partial charge is 0.495 e. The van der Waals surface area contributed by atoms with Gasteiger partial charge >= 0.3 is 0 Å². The quantitative estimate of drug-likeness (QED) is 0.776. The number of hydrogen-bond acceptors (Lipinski definition) is 3. The van der Waals surface area contributed by atoms with Gasteiger partial charge in [0, 0.05) is 12.1 Å². The lowest BCUT2D eigenvalue weighted by molar-refractivity contribution is 0.414. The van der Waals surface area contributed by atoms with E-state index in [1.165, 1.54) is 0 Å². The van der Waals surface area contributed by atoms with Gasteiger partial charge in [0.2, 0.25) is 0 Å². The summed E-state index contributed by atoms with van der Waals surface area (Å²) in [7, 11) is 5.53. The van der Waals surface area contributed by atoms with E-state index in [0.717, 1.165) is 18.1 Å². The van der Waals surface area contributed by atoms with Crippen molar-refractivity contribution >= 4 is 17.3 Å². The van der Waals surface area contributed by atoms with Crippen molar-refractivity contribution in [1.82, 2.24) is 5.32 Å². The van der Waals surface area contributed by atoms with Gasteiger partial charge in [-0.3, -0.25) is 0 Å². The zero-order valence-corrected chi connectivity index (χ0v) is 9.43. The molecule has 4 heteroatoms. The number of ether oxygens (including phenoxy) is 1. The van der Waals surface area contributed by atoms with Crippen LogP contribution in [0, 0.1) is 0 Å². The summed E-state index contributed by atoms with van der Waals surface area (Å²) in [5.41, 5.74) is 0.981. The second-order valence-electron chi connectivity index (χ2n) is 3.03. The molecular weight excluding hydrogens is 200 g/mol.